The Bertz CT molecular complexity index is 756. The molecule has 1 heterocycles. The Labute approximate surface area is 141 Å². The summed E-state index contributed by atoms with van der Waals surface area (Å²) >= 11 is 5.04. The van der Waals surface area contributed by atoms with E-state index in [0.717, 1.165) is 14.9 Å². The average molecular weight is 372 g/mol. The molecule has 1 N–H and O–H groups in total. The summed E-state index contributed by atoms with van der Waals surface area (Å²) in [6.07, 6.45) is 0. The molecule has 110 valence electrons. The average Bonchev–Trinajstić information content (AvgIpc) is 3.07. The van der Waals surface area contributed by atoms with Crippen LogP contribution in [0.5, 0.6) is 0 Å². The first kappa shape index (κ1) is 15.0. The number of halogens is 1. The molecule has 0 fully saturated rings. The van der Waals surface area contributed by atoms with Gasteiger partial charge in [-0.05, 0) is 35.2 Å². The van der Waals surface area contributed by atoms with E-state index in [1.165, 1.54) is 0 Å². The van der Waals surface area contributed by atoms with Crippen molar-refractivity contribution in [2.75, 3.05) is 0 Å². The summed E-state index contributed by atoms with van der Waals surface area (Å²) in [6.45, 7) is 0. The Kier molecular flexibility index (Phi) is 4.71. The fourth-order valence-corrected chi connectivity index (χ4v) is 3.47. The molecule has 1 atom stereocenters. The summed E-state index contributed by atoms with van der Waals surface area (Å²) in [5.41, 5.74) is 1.72. The van der Waals surface area contributed by atoms with Crippen molar-refractivity contribution in [2.24, 2.45) is 0 Å². The Balaban J connectivity index is 1.89. The molecule has 0 spiro atoms. The van der Waals surface area contributed by atoms with Gasteiger partial charge in [0.1, 0.15) is 0 Å². The molecule has 0 bridgehead atoms. The van der Waals surface area contributed by atoms with Crippen molar-refractivity contribution in [3.63, 3.8) is 0 Å². The minimum atomic E-state index is -0.132. The minimum absolute atomic E-state index is 0.0800. The van der Waals surface area contributed by atoms with E-state index in [4.69, 9.17) is 0 Å². The van der Waals surface area contributed by atoms with Gasteiger partial charge in [0, 0.05) is 14.9 Å². The lowest BCUT2D eigenvalue weighted by atomic mass is 10.0. The van der Waals surface area contributed by atoms with Crippen molar-refractivity contribution in [1.29, 1.82) is 0 Å². The number of carbonyl (C=O) groups is 1. The maximum atomic E-state index is 12.5. The molecular weight excluding hydrogens is 358 g/mol. The zero-order chi connectivity index (χ0) is 15.4. The summed E-state index contributed by atoms with van der Waals surface area (Å²) < 4.78 is 0.896. The van der Waals surface area contributed by atoms with E-state index >= 15 is 0 Å². The molecule has 0 radical (unpaired) electrons. The van der Waals surface area contributed by atoms with Crippen molar-refractivity contribution in [2.45, 2.75) is 6.04 Å². The van der Waals surface area contributed by atoms with E-state index in [0.29, 0.717) is 5.56 Å². The van der Waals surface area contributed by atoms with Crippen LogP contribution in [0.15, 0.2) is 76.6 Å². The van der Waals surface area contributed by atoms with Gasteiger partial charge in [-0.15, -0.1) is 11.3 Å². The van der Waals surface area contributed by atoms with Crippen molar-refractivity contribution >= 4 is 33.2 Å². The molecule has 0 aliphatic heterocycles. The molecule has 0 unspecified atom stereocenters. The first-order valence-electron chi connectivity index (χ1n) is 6.89. The lowest BCUT2D eigenvalue weighted by Crippen LogP contribution is -2.28. The van der Waals surface area contributed by atoms with E-state index in [-0.39, 0.29) is 11.9 Å². The molecule has 1 amide bonds. The summed E-state index contributed by atoms with van der Waals surface area (Å²) in [7, 11) is 0. The highest BCUT2D eigenvalue weighted by molar-refractivity contribution is 9.10. The van der Waals surface area contributed by atoms with Crippen molar-refractivity contribution < 1.29 is 4.79 Å². The smallest absolute Gasteiger partial charge is 0.252 e. The Morgan fingerprint density at radius 2 is 1.82 bits per heavy atom. The Hall–Kier alpha value is -1.91. The van der Waals surface area contributed by atoms with Crippen LogP contribution in [0.3, 0.4) is 0 Å². The fourth-order valence-electron chi connectivity index (χ4n) is 2.26. The number of amides is 1. The van der Waals surface area contributed by atoms with Gasteiger partial charge >= 0.3 is 0 Å². The molecule has 2 nitrogen and oxygen atoms in total. The maximum absolute atomic E-state index is 12.5. The van der Waals surface area contributed by atoms with Crippen LogP contribution >= 0.6 is 27.3 Å². The van der Waals surface area contributed by atoms with Crippen molar-refractivity contribution in [3.8, 4) is 0 Å². The topological polar surface area (TPSA) is 29.1 Å². The minimum Gasteiger partial charge on any atom is -0.340 e. The first-order chi connectivity index (χ1) is 10.7. The van der Waals surface area contributed by atoms with Gasteiger partial charge < -0.3 is 5.32 Å². The number of rotatable bonds is 4. The maximum Gasteiger partial charge on any atom is 0.252 e. The van der Waals surface area contributed by atoms with Gasteiger partial charge in [-0.1, -0.05) is 58.4 Å². The third kappa shape index (κ3) is 3.46. The number of hydrogen-bond donors (Lipinski definition) is 1. The van der Waals surface area contributed by atoms with Gasteiger partial charge in [-0.25, -0.2) is 0 Å². The van der Waals surface area contributed by atoms with Crippen LogP contribution in [0.1, 0.15) is 26.8 Å². The van der Waals surface area contributed by atoms with Gasteiger partial charge in [-0.2, -0.15) is 0 Å². The molecule has 4 heteroatoms. The second kappa shape index (κ2) is 6.90. The van der Waals surface area contributed by atoms with Crippen LogP contribution in [-0.4, -0.2) is 5.91 Å². The third-order valence-corrected chi connectivity index (χ3v) is 4.75. The molecular formula is C18H14BrNOS. The van der Waals surface area contributed by atoms with E-state index in [1.54, 1.807) is 11.3 Å². The largest absolute Gasteiger partial charge is 0.340 e. The zero-order valence-corrected chi connectivity index (χ0v) is 14.1. The summed E-state index contributed by atoms with van der Waals surface area (Å²) in [4.78, 5) is 13.7. The summed E-state index contributed by atoms with van der Waals surface area (Å²) in [5, 5.41) is 5.15. The zero-order valence-electron chi connectivity index (χ0n) is 11.7. The highest BCUT2D eigenvalue weighted by atomic mass is 79.9. The van der Waals surface area contributed by atoms with Crippen LogP contribution in [-0.2, 0) is 0 Å². The Morgan fingerprint density at radius 1 is 1.00 bits per heavy atom. The summed E-state index contributed by atoms with van der Waals surface area (Å²) in [6, 6.07) is 21.3. The Morgan fingerprint density at radius 3 is 2.50 bits per heavy atom. The van der Waals surface area contributed by atoms with E-state index in [2.05, 4.69) is 21.2 Å². The van der Waals surface area contributed by atoms with Crippen LogP contribution < -0.4 is 5.32 Å². The monoisotopic (exact) mass is 371 g/mol. The van der Waals surface area contributed by atoms with E-state index < -0.39 is 0 Å². The molecule has 0 saturated heterocycles. The number of carbonyl (C=O) groups excluding carboxylic acids is 1. The second-order valence-corrected chi connectivity index (χ2v) is 6.74. The highest BCUT2D eigenvalue weighted by Crippen LogP contribution is 2.26. The van der Waals surface area contributed by atoms with E-state index in [9.17, 15) is 4.79 Å². The van der Waals surface area contributed by atoms with Gasteiger partial charge in [0.25, 0.3) is 5.91 Å². The highest BCUT2D eigenvalue weighted by Gasteiger charge is 2.18. The first-order valence-corrected chi connectivity index (χ1v) is 8.56. The predicted molar refractivity (Wildman–Crippen MR) is 94.2 cm³/mol. The lowest BCUT2D eigenvalue weighted by molar-refractivity contribution is 0.0943. The van der Waals surface area contributed by atoms with Gasteiger partial charge in [-0.3, -0.25) is 4.79 Å². The predicted octanol–water partition coefficient (Wildman–Crippen LogP) is 5.03. The molecule has 1 aromatic heterocycles. The molecule has 3 rings (SSSR count). The summed E-state index contributed by atoms with van der Waals surface area (Å²) in [5.74, 6) is -0.0800. The molecule has 0 saturated carbocycles. The second-order valence-electron chi connectivity index (χ2n) is 4.84. The van der Waals surface area contributed by atoms with Gasteiger partial charge in [0.2, 0.25) is 0 Å². The fraction of sp³-hybridized carbons (Fsp3) is 0.0556. The molecule has 3 aromatic rings. The van der Waals surface area contributed by atoms with E-state index in [1.807, 2.05) is 72.1 Å². The van der Waals surface area contributed by atoms with Crippen molar-refractivity contribution in [1.82, 2.24) is 5.32 Å². The molecule has 0 aliphatic rings. The van der Waals surface area contributed by atoms with Gasteiger partial charge in [0.15, 0.2) is 0 Å². The number of hydrogen-bond acceptors (Lipinski definition) is 2. The quantitative estimate of drug-likeness (QED) is 0.684. The lowest BCUT2D eigenvalue weighted by Gasteiger charge is -2.18. The molecule has 22 heavy (non-hydrogen) atoms. The van der Waals surface area contributed by atoms with Crippen molar-refractivity contribution in [3.05, 3.63) is 92.6 Å². The van der Waals surface area contributed by atoms with Crippen LogP contribution in [0.25, 0.3) is 0 Å². The molecule has 0 aliphatic carbocycles. The number of benzene rings is 2. The number of nitrogens with one attached hydrogen (secondary N) is 1. The van der Waals surface area contributed by atoms with Gasteiger partial charge in [0.05, 0.1) is 6.04 Å². The third-order valence-electron chi connectivity index (χ3n) is 3.32. The normalized spacial score (nSPS) is 11.9. The molecule has 2 aromatic carbocycles. The number of thiophene rings is 1. The van der Waals surface area contributed by atoms with Crippen LogP contribution in [0.2, 0.25) is 0 Å². The van der Waals surface area contributed by atoms with Crippen LogP contribution in [0, 0.1) is 0 Å². The standard InChI is InChI=1S/C18H14BrNOS/c19-15-9-4-8-14(12-15)18(21)20-17(16-10-5-11-22-16)13-6-2-1-3-7-13/h1-12,17H,(H,20,21)/t17-/m0/s1. The van der Waals surface area contributed by atoms with Crippen LogP contribution in [0.4, 0.5) is 0 Å². The SMILES string of the molecule is O=C(N[C@@H](c1ccccc1)c1cccs1)c1cccc(Br)c1.